The van der Waals surface area contributed by atoms with Gasteiger partial charge < -0.3 is 4.74 Å². The second-order valence-corrected chi connectivity index (χ2v) is 6.90. The van der Waals surface area contributed by atoms with Crippen molar-refractivity contribution in [1.29, 1.82) is 0 Å². The highest BCUT2D eigenvalue weighted by atomic mass is 16.5. The summed E-state index contributed by atoms with van der Waals surface area (Å²) in [5.74, 6) is 0.145. The van der Waals surface area contributed by atoms with E-state index in [4.69, 9.17) is 4.74 Å². The van der Waals surface area contributed by atoms with Crippen LogP contribution < -0.4 is 11.2 Å². The predicted molar refractivity (Wildman–Crippen MR) is 108 cm³/mol. The van der Waals surface area contributed by atoms with Gasteiger partial charge in [0.2, 0.25) is 5.78 Å². The lowest BCUT2D eigenvalue weighted by Gasteiger charge is -2.08. The van der Waals surface area contributed by atoms with Crippen molar-refractivity contribution >= 4 is 22.9 Å². The Morgan fingerprint density at radius 2 is 1.69 bits per heavy atom. The van der Waals surface area contributed by atoms with Crippen LogP contribution in [-0.2, 0) is 18.8 Å². The Hall–Kier alpha value is -3.62. The molecule has 0 spiro atoms. The number of nitrogens with zero attached hydrogens (tertiary/aromatic N) is 5. The number of esters is 1. The maximum Gasteiger partial charge on any atom is 0.338 e. The number of rotatable bonds is 3. The molecule has 0 saturated heterocycles. The number of hydrogen-bond acceptors (Lipinski definition) is 5. The van der Waals surface area contributed by atoms with Gasteiger partial charge in [-0.2, -0.15) is 4.98 Å². The molecule has 0 aliphatic heterocycles. The number of carbonyl (C=O) groups excluding carboxylic acids is 1. The first-order chi connectivity index (χ1) is 13.8. The van der Waals surface area contributed by atoms with E-state index in [1.54, 1.807) is 42.6 Å². The number of aromatic nitrogens is 5. The summed E-state index contributed by atoms with van der Waals surface area (Å²) in [6.45, 7) is 5.90. The van der Waals surface area contributed by atoms with Gasteiger partial charge in [-0.15, -0.1) is 0 Å². The lowest BCUT2D eigenvalue weighted by atomic mass is 10.2. The number of hydrogen-bond donors (Lipinski definition) is 0. The molecule has 9 heteroatoms. The second kappa shape index (κ2) is 6.47. The highest BCUT2D eigenvalue weighted by Gasteiger charge is 2.22. The van der Waals surface area contributed by atoms with E-state index in [2.05, 4.69) is 4.98 Å². The van der Waals surface area contributed by atoms with Crippen molar-refractivity contribution in [2.75, 3.05) is 6.61 Å². The van der Waals surface area contributed by atoms with Crippen LogP contribution in [0.4, 0.5) is 0 Å². The minimum Gasteiger partial charge on any atom is -0.462 e. The standard InChI is InChI=1S/C20H21N5O4/c1-6-29-18(27)13-7-9-14(10-8-13)24-11(2)12(3)25-15-16(21-19(24)25)22(4)20(28)23(5)17(15)26/h7-10H,6H2,1-5H3. The van der Waals surface area contributed by atoms with Gasteiger partial charge in [0, 0.05) is 31.2 Å². The molecule has 150 valence electrons. The maximum absolute atomic E-state index is 12.8. The van der Waals surface area contributed by atoms with Gasteiger partial charge in [-0.05, 0) is 45.0 Å². The smallest absolute Gasteiger partial charge is 0.338 e. The van der Waals surface area contributed by atoms with Crippen molar-refractivity contribution in [2.45, 2.75) is 20.8 Å². The van der Waals surface area contributed by atoms with Crippen LogP contribution in [-0.4, -0.2) is 35.7 Å². The van der Waals surface area contributed by atoms with Gasteiger partial charge in [0.15, 0.2) is 11.2 Å². The summed E-state index contributed by atoms with van der Waals surface area (Å²) in [5, 5.41) is 0. The van der Waals surface area contributed by atoms with Gasteiger partial charge in [-0.1, -0.05) is 0 Å². The van der Waals surface area contributed by atoms with Crippen LogP contribution in [0.1, 0.15) is 28.7 Å². The fourth-order valence-electron chi connectivity index (χ4n) is 3.60. The molecule has 0 amide bonds. The van der Waals surface area contributed by atoms with Gasteiger partial charge in [0.1, 0.15) is 0 Å². The third kappa shape index (κ3) is 2.54. The summed E-state index contributed by atoms with van der Waals surface area (Å²) < 4.78 is 11.1. The van der Waals surface area contributed by atoms with Gasteiger partial charge in [-0.3, -0.25) is 22.9 Å². The first-order valence-electron chi connectivity index (χ1n) is 9.21. The monoisotopic (exact) mass is 395 g/mol. The molecule has 1 aromatic carbocycles. The Morgan fingerprint density at radius 3 is 2.31 bits per heavy atom. The zero-order chi connectivity index (χ0) is 21.0. The van der Waals surface area contributed by atoms with Crippen LogP contribution in [0.5, 0.6) is 0 Å². The van der Waals surface area contributed by atoms with Crippen molar-refractivity contribution in [3.8, 4) is 5.69 Å². The Balaban J connectivity index is 2.02. The molecule has 0 unspecified atom stereocenters. The molecule has 0 radical (unpaired) electrons. The van der Waals surface area contributed by atoms with E-state index in [0.29, 0.717) is 29.1 Å². The molecule has 0 bridgehead atoms. The summed E-state index contributed by atoms with van der Waals surface area (Å²) >= 11 is 0. The number of carbonyl (C=O) groups is 1. The van der Waals surface area contributed by atoms with E-state index in [-0.39, 0.29) is 5.97 Å². The maximum atomic E-state index is 12.8. The normalized spacial score (nSPS) is 11.5. The van der Waals surface area contributed by atoms with E-state index >= 15 is 0 Å². The van der Waals surface area contributed by atoms with Gasteiger partial charge in [-0.25, -0.2) is 9.59 Å². The summed E-state index contributed by atoms with van der Waals surface area (Å²) in [4.78, 5) is 41.6. The number of imidazole rings is 2. The number of benzene rings is 1. The van der Waals surface area contributed by atoms with Gasteiger partial charge >= 0.3 is 11.7 Å². The Morgan fingerprint density at radius 1 is 1.03 bits per heavy atom. The molecule has 0 aliphatic carbocycles. The Labute approximate surface area is 165 Å². The van der Waals surface area contributed by atoms with Crippen LogP contribution >= 0.6 is 0 Å². The molecular formula is C20H21N5O4. The van der Waals surface area contributed by atoms with Crippen molar-refractivity contribution in [1.82, 2.24) is 23.1 Å². The average molecular weight is 395 g/mol. The summed E-state index contributed by atoms with van der Waals surface area (Å²) in [6, 6.07) is 6.98. The molecule has 3 aromatic heterocycles. The van der Waals surface area contributed by atoms with Crippen molar-refractivity contribution in [3.05, 3.63) is 62.1 Å². The highest BCUT2D eigenvalue weighted by Crippen LogP contribution is 2.24. The predicted octanol–water partition coefficient (Wildman–Crippen LogP) is 1.47. The molecule has 0 aliphatic rings. The Kier molecular flexibility index (Phi) is 4.18. The van der Waals surface area contributed by atoms with Crippen molar-refractivity contribution in [2.24, 2.45) is 14.1 Å². The molecule has 3 heterocycles. The quantitative estimate of drug-likeness (QED) is 0.490. The first kappa shape index (κ1) is 18.7. The lowest BCUT2D eigenvalue weighted by Crippen LogP contribution is -2.37. The molecule has 0 saturated carbocycles. The third-order valence-electron chi connectivity index (χ3n) is 5.27. The van der Waals surface area contributed by atoms with Crippen molar-refractivity contribution < 1.29 is 9.53 Å². The summed E-state index contributed by atoms with van der Waals surface area (Å²) in [7, 11) is 3.05. The molecular weight excluding hydrogens is 374 g/mol. The largest absolute Gasteiger partial charge is 0.462 e. The first-order valence-corrected chi connectivity index (χ1v) is 9.21. The lowest BCUT2D eigenvalue weighted by molar-refractivity contribution is 0.0526. The number of ether oxygens (including phenoxy) is 1. The molecule has 29 heavy (non-hydrogen) atoms. The fourth-order valence-corrected chi connectivity index (χ4v) is 3.60. The minimum atomic E-state index is -0.428. The van der Waals surface area contributed by atoms with Gasteiger partial charge in [0.05, 0.1) is 12.2 Å². The topological polar surface area (TPSA) is 92.5 Å². The van der Waals surface area contributed by atoms with E-state index in [1.165, 1.54) is 11.6 Å². The SMILES string of the molecule is CCOC(=O)c1ccc(-n2c(C)c(C)n3c4c(=O)n(C)c(=O)n(C)c4nc23)cc1. The number of fused-ring (bicyclic) bond motifs is 3. The molecule has 0 atom stereocenters. The van der Waals surface area contributed by atoms with Crippen LogP contribution in [0, 0.1) is 13.8 Å². The van der Waals surface area contributed by atoms with E-state index in [9.17, 15) is 14.4 Å². The summed E-state index contributed by atoms with van der Waals surface area (Å²) in [6.07, 6.45) is 0. The van der Waals surface area contributed by atoms with Gasteiger partial charge in [0.25, 0.3) is 5.56 Å². The van der Waals surface area contributed by atoms with Crippen molar-refractivity contribution in [3.63, 3.8) is 0 Å². The molecule has 4 rings (SSSR count). The molecule has 4 aromatic rings. The average Bonchev–Trinajstić information content (AvgIpc) is 3.21. The Bertz CT molecular complexity index is 1400. The second-order valence-electron chi connectivity index (χ2n) is 6.90. The fraction of sp³-hybridized carbons (Fsp3) is 0.300. The van der Waals surface area contributed by atoms with Crippen LogP contribution in [0.15, 0.2) is 33.9 Å². The zero-order valence-electron chi connectivity index (χ0n) is 16.9. The van der Waals surface area contributed by atoms with Crippen LogP contribution in [0.2, 0.25) is 0 Å². The third-order valence-corrected chi connectivity index (χ3v) is 5.27. The van der Waals surface area contributed by atoms with E-state index in [1.807, 2.05) is 18.4 Å². The zero-order valence-corrected chi connectivity index (χ0v) is 16.9. The highest BCUT2D eigenvalue weighted by molar-refractivity contribution is 5.89. The van der Waals surface area contributed by atoms with Crippen LogP contribution in [0.3, 0.4) is 0 Å². The van der Waals surface area contributed by atoms with E-state index in [0.717, 1.165) is 21.6 Å². The molecule has 0 N–H and O–H groups in total. The van der Waals surface area contributed by atoms with E-state index < -0.39 is 11.2 Å². The molecule has 9 nitrogen and oxygen atoms in total. The molecule has 0 fully saturated rings. The minimum absolute atomic E-state index is 0.311. The number of aryl methyl sites for hydroxylation is 2. The van der Waals surface area contributed by atoms with Crippen LogP contribution in [0.25, 0.3) is 22.6 Å². The summed E-state index contributed by atoms with van der Waals surface area (Å²) in [5.41, 5.74) is 2.84.